The molecule has 2 aliphatic rings. The van der Waals surface area contributed by atoms with E-state index in [1.807, 2.05) is 42.1 Å². The highest BCUT2D eigenvalue weighted by molar-refractivity contribution is 8.00. The lowest BCUT2D eigenvalue weighted by atomic mass is 9.63. The van der Waals surface area contributed by atoms with Crippen LogP contribution in [0.5, 0.6) is 0 Å². The summed E-state index contributed by atoms with van der Waals surface area (Å²) in [6, 6.07) is 40.9. The van der Waals surface area contributed by atoms with E-state index in [4.69, 9.17) is 4.43 Å². The van der Waals surface area contributed by atoms with Crippen LogP contribution in [0.25, 0.3) is 0 Å². The molecule has 238 valence electrons. The molecule has 0 aromatic heterocycles. The Morgan fingerprint density at radius 3 is 1.91 bits per heavy atom. The van der Waals surface area contributed by atoms with Crippen LogP contribution in [0.3, 0.4) is 0 Å². The first-order valence-electron chi connectivity index (χ1n) is 16.3. The fourth-order valence-corrected chi connectivity index (χ4v) is 15.6. The van der Waals surface area contributed by atoms with Crippen LogP contribution in [0.2, 0.25) is 5.04 Å². The highest BCUT2D eigenvalue weighted by atomic mass is 32.2. The van der Waals surface area contributed by atoms with Gasteiger partial charge in [-0.15, -0.1) is 11.8 Å². The normalized spacial score (nSPS) is 21.8. The van der Waals surface area contributed by atoms with Crippen molar-refractivity contribution in [2.75, 3.05) is 6.61 Å². The van der Waals surface area contributed by atoms with Crippen LogP contribution in [0.1, 0.15) is 46.5 Å². The average Bonchev–Trinajstić information content (AvgIpc) is 3.07. The zero-order valence-electron chi connectivity index (χ0n) is 27.0. The van der Waals surface area contributed by atoms with Gasteiger partial charge in [0.15, 0.2) is 0 Å². The molecule has 0 unspecified atom stereocenters. The fraction of sp³-hybridized carbons (Fsp3) is 0.300. The van der Waals surface area contributed by atoms with Crippen molar-refractivity contribution in [3.63, 3.8) is 0 Å². The molecule has 0 saturated carbocycles. The molecule has 0 bridgehead atoms. The highest BCUT2D eigenvalue weighted by Gasteiger charge is 2.53. The monoisotopic (exact) mass is 664 g/mol. The molecule has 0 aliphatic heterocycles. The van der Waals surface area contributed by atoms with Crippen LogP contribution in [-0.4, -0.2) is 28.6 Å². The summed E-state index contributed by atoms with van der Waals surface area (Å²) in [6.07, 6.45) is 9.88. The topological polar surface area (TPSA) is 43.4 Å². The number of benzene rings is 4. The molecule has 4 aromatic rings. The van der Waals surface area contributed by atoms with Crippen molar-refractivity contribution in [3.05, 3.63) is 144 Å². The van der Waals surface area contributed by atoms with Gasteiger partial charge in [0.1, 0.15) is 0 Å². The molecular formula is C40H44O3S2Si. The molecule has 3 nitrogen and oxygen atoms in total. The number of hydrogen-bond donors (Lipinski definition) is 0. The summed E-state index contributed by atoms with van der Waals surface area (Å²) in [5.41, 5.74) is -0.331. The Labute approximate surface area is 280 Å². The van der Waals surface area contributed by atoms with Crippen LogP contribution in [0, 0.1) is 11.3 Å². The minimum absolute atomic E-state index is 0.0882. The van der Waals surface area contributed by atoms with Crippen molar-refractivity contribution in [1.82, 2.24) is 0 Å². The number of hydrogen-bond acceptors (Lipinski definition) is 4. The van der Waals surface area contributed by atoms with Crippen LogP contribution in [0.4, 0.5) is 0 Å². The Bertz CT molecular complexity index is 1730. The van der Waals surface area contributed by atoms with E-state index < -0.39 is 18.2 Å². The molecule has 0 N–H and O–H groups in total. The first-order valence-corrected chi connectivity index (χ1v) is 20.6. The van der Waals surface area contributed by atoms with Crippen molar-refractivity contribution < 1.29 is 12.8 Å². The quantitative estimate of drug-likeness (QED) is 0.126. The van der Waals surface area contributed by atoms with Gasteiger partial charge in [-0.1, -0.05) is 136 Å². The Morgan fingerprint density at radius 2 is 1.35 bits per heavy atom. The van der Waals surface area contributed by atoms with Crippen molar-refractivity contribution in [3.8, 4) is 0 Å². The summed E-state index contributed by atoms with van der Waals surface area (Å²) in [6.45, 7) is 7.47. The molecule has 4 aromatic carbocycles. The summed E-state index contributed by atoms with van der Waals surface area (Å²) in [7, 11) is -6.42. The summed E-state index contributed by atoms with van der Waals surface area (Å²) in [5, 5.41) is 2.48. The molecule has 3 atom stereocenters. The molecule has 0 fully saturated rings. The van der Waals surface area contributed by atoms with Crippen LogP contribution in [0.15, 0.2) is 154 Å². The Balaban J connectivity index is 1.40. The molecule has 0 radical (unpaired) electrons. The maximum absolute atomic E-state index is 14.4. The van der Waals surface area contributed by atoms with Crippen molar-refractivity contribution in [1.29, 1.82) is 0 Å². The molecule has 0 saturated heterocycles. The fourth-order valence-electron chi connectivity index (χ4n) is 7.68. The van der Waals surface area contributed by atoms with Gasteiger partial charge in [0.25, 0.3) is 8.32 Å². The summed E-state index contributed by atoms with van der Waals surface area (Å²) in [5.74, 6) is -0.163. The van der Waals surface area contributed by atoms with Crippen molar-refractivity contribution in [2.24, 2.45) is 11.3 Å². The number of rotatable bonds is 10. The smallest absolute Gasteiger partial charge is 0.261 e. The van der Waals surface area contributed by atoms with E-state index in [1.165, 1.54) is 15.3 Å². The third-order valence-electron chi connectivity index (χ3n) is 9.77. The van der Waals surface area contributed by atoms with E-state index in [9.17, 15) is 8.42 Å². The molecule has 0 heterocycles. The second kappa shape index (κ2) is 13.5. The summed E-state index contributed by atoms with van der Waals surface area (Å²) < 4.78 is 36.2. The van der Waals surface area contributed by atoms with Gasteiger partial charge in [0.05, 0.1) is 9.80 Å². The van der Waals surface area contributed by atoms with Gasteiger partial charge in [-0.2, -0.15) is 0 Å². The van der Waals surface area contributed by atoms with E-state index in [-0.39, 0.29) is 21.6 Å². The van der Waals surface area contributed by atoms with E-state index in [0.29, 0.717) is 16.4 Å². The summed E-state index contributed by atoms with van der Waals surface area (Å²) in [4.78, 5) is 2.12. The predicted octanol–water partition coefficient (Wildman–Crippen LogP) is 8.83. The second-order valence-electron chi connectivity index (χ2n) is 13.5. The minimum Gasteiger partial charge on any atom is -0.407 e. The van der Waals surface area contributed by atoms with Crippen molar-refractivity contribution >= 4 is 40.3 Å². The first-order chi connectivity index (χ1) is 22.2. The van der Waals surface area contributed by atoms with E-state index in [2.05, 4.69) is 118 Å². The predicted molar refractivity (Wildman–Crippen MR) is 195 cm³/mol. The largest absolute Gasteiger partial charge is 0.407 e. The Morgan fingerprint density at radius 1 is 0.804 bits per heavy atom. The van der Waals surface area contributed by atoms with E-state index in [0.717, 1.165) is 25.7 Å². The van der Waals surface area contributed by atoms with Gasteiger partial charge in [0.2, 0.25) is 9.84 Å². The standard InChI is InChI=1S/C40H44O3S2Si/c1-39(2,3)46(34-22-12-6-13-23-34,35-24-14-7-15-25-35)43-31-30-40-28-16-26-36(44-32-18-8-4-9-19-32)38(40)37(27-17-29-40)45(41,42)33-20-10-5-11-21-33/h4-16,18-25,27-28,36,38H,17,26,29-31H2,1-3H3/t36-,38-,40+/m1/s1. The maximum atomic E-state index is 14.4. The number of allylic oxidation sites excluding steroid dienone is 4. The lowest BCUT2D eigenvalue weighted by Gasteiger charge is -2.49. The maximum Gasteiger partial charge on any atom is 0.261 e. The molecule has 0 spiro atoms. The molecular weight excluding hydrogens is 621 g/mol. The summed E-state index contributed by atoms with van der Waals surface area (Å²) >= 11 is 1.81. The van der Waals surface area contributed by atoms with Gasteiger partial charge in [-0.25, -0.2) is 8.42 Å². The van der Waals surface area contributed by atoms with E-state index >= 15 is 0 Å². The van der Waals surface area contributed by atoms with Crippen LogP contribution < -0.4 is 10.4 Å². The lowest BCUT2D eigenvalue weighted by Crippen LogP contribution is -2.66. The molecule has 2 aliphatic carbocycles. The Hall–Kier alpha value is -3.16. The third-order valence-corrected chi connectivity index (χ3v) is 18.1. The molecule has 6 rings (SSSR count). The molecule has 6 heteroatoms. The second-order valence-corrected chi connectivity index (χ2v) is 21.1. The van der Waals surface area contributed by atoms with E-state index in [1.54, 1.807) is 12.1 Å². The molecule has 0 amide bonds. The van der Waals surface area contributed by atoms with Crippen LogP contribution >= 0.6 is 11.8 Å². The van der Waals surface area contributed by atoms with Crippen LogP contribution in [-0.2, 0) is 14.3 Å². The number of sulfone groups is 1. The zero-order valence-corrected chi connectivity index (χ0v) is 29.6. The third kappa shape index (κ3) is 6.25. The van der Waals surface area contributed by atoms with Crippen molar-refractivity contribution in [2.45, 2.75) is 66.5 Å². The zero-order chi connectivity index (χ0) is 32.3. The number of thioether (sulfide) groups is 1. The average molecular weight is 665 g/mol. The van der Waals surface area contributed by atoms with Gasteiger partial charge >= 0.3 is 0 Å². The Kier molecular flexibility index (Phi) is 9.63. The minimum atomic E-state index is -3.68. The SMILES string of the molecule is CC(C)(C)[Si](OCC[C@@]12C=CC[C@@H](Sc3ccccc3)[C@@H]1C(S(=O)(=O)c1ccccc1)=CCC2)(c1ccccc1)c1ccccc1. The van der Waals surface area contributed by atoms with Gasteiger partial charge in [-0.3, -0.25) is 0 Å². The van der Waals surface area contributed by atoms with Gasteiger partial charge in [-0.05, 0) is 70.8 Å². The first kappa shape index (κ1) is 32.8. The van der Waals surface area contributed by atoms with Gasteiger partial charge < -0.3 is 4.43 Å². The highest BCUT2D eigenvalue weighted by Crippen LogP contribution is 2.56. The van der Waals surface area contributed by atoms with Gasteiger partial charge in [0, 0.05) is 22.7 Å². The number of fused-ring (bicyclic) bond motifs is 1. The molecule has 46 heavy (non-hydrogen) atoms. The lowest BCUT2D eigenvalue weighted by molar-refractivity contribution is 0.156.